The second-order valence-corrected chi connectivity index (χ2v) is 7.02. The Bertz CT molecular complexity index is 1050. The van der Waals surface area contributed by atoms with Crippen LogP contribution in [0.3, 0.4) is 0 Å². The van der Waals surface area contributed by atoms with E-state index in [4.69, 9.17) is 44.0 Å². The number of ether oxygens (including phenoxy) is 1. The first-order valence-corrected chi connectivity index (χ1v) is 8.98. The summed E-state index contributed by atoms with van der Waals surface area (Å²) in [5.74, 6) is 0.891. The largest absolute Gasteiger partial charge is 0.457 e. The predicted molar refractivity (Wildman–Crippen MR) is 106 cm³/mol. The van der Waals surface area contributed by atoms with Crippen LogP contribution in [-0.4, -0.2) is 12.2 Å². The molecular weight excluding hydrogens is 411 g/mol. The zero-order valence-corrected chi connectivity index (χ0v) is 15.9. The molecule has 0 bridgehead atoms. The van der Waals surface area contributed by atoms with Crippen molar-refractivity contribution >= 4 is 52.7 Å². The lowest BCUT2D eigenvalue weighted by Gasteiger charge is -2.06. The Morgan fingerprint density at radius 1 is 1.04 bits per heavy atom. The SMILES string of the molecule is O=C1OCc2cc(-c3ccc(/C=N/Nc4c(Cl)cc(Cl)cc4Cl)o3)ccc21. The van der Waals surface area contributed by atoms with Gasteiger partial charge in [0.25, 0.3) is 0 Å². The van der Waals surface area contributed by atoms with E-state index in [1.54, 1.807) is 24.3 Å². The second-order valence-electron chi connectivity index (χ2n) is 5.76. The van der Waals surface area contributed by atoms with E-state index >= 15 is 0 Å². The van der Waals surface area contributed by atoms with Gasteiger partial charge in [-0.2, -0.15) is 5.10 Å². The number of anilines is 1. The Balaban J connectivity index is 1.50. The Kier molecular flexibility index (Phi) is 4.83. The van der Waals surface area contributed by atoms with Crippen molar-refractivity contribution in [2.24, 2.45) is 5.10 Å². The van der Waals surface area contributed by atoms with E-state index in [2.05, 4.69) is 10.5 Å². The molecule has 1 aliphatic rings. The molecule has 3 aromatic rings. The molecule has 2 aromatic carbocycles. The fraction of sp³-hybridized carbons (Fsp3) is 0.0526. The zero-order chi connectivity index (χ0) is 19.0. The first-order valence-electron chi connectivity index (χ1n) is 7.85. The molecule has 0 radical (unpaired) electrons. The molecule has 0 fully saturated rings. The van der Waals surface area contributed by atoms with Crippen molar-refractivity contribution in [2.75, 3.05) is 5.43 Å². The summed E-state index contributed by atoms with van der Waals surface area (Å²) >= 11 is 18.1. The van der Waals surface area contributed by atoms with Crippen LogP contribution in [0.5, 0.6) is 0 Å². The van der Waals surface area contributed by atoms with E-state index in [0.717, 1.165) is 11.1 Å². The highest BCUT2D eigenvalue weighted by atomic mass is 35.5. The fourth-order valence-electron chi connectivity index (χ4n) is 2.67. The van der Waals surface area contributed by atoms with Crippen LogP contribution in [0.15, 0.2) is 52.0 Å². The van der Waals surface area contributed by atoms with Crippen LogP contribution in [0.25, 0.3) is 11.3 Å². The molecule has 1 aromatic heterocycles. The van der Waals surface area contributed by atoms with Gasteiger partial charge in [-0.25, -0.2) is 4.79 Å². The minimum atomic E-state index is -0.297. The molecule has 4 rings (SSSR count). The number of carbonyl (C=O) groups excluding carboxylic acids is 1. The van der Waals surface area contributed by atoms with Gasteiger partial charge in [-0.05, 0) is 36.4 Å². The molecule has 27 heavy (non-hydrogen) atoms. The Hall–Kier alpha value is -2.47. The summed E-state index contributed by atoms with van der Waals surface area (Å²) in [6, 6.07) is 12.2. The number of nitrogens with zero attached hydrogens (tertiary/aromatic N) is 1. The van der Waals surface area contributed by atoms with Gasteiger partial charge in [0.2, 0.25) is 0 Å². The lowest BCUT2D eigenvalue weighted by atomic mass is 10.0. The minimum Gasteiger partial charge on any atom is -0.457 e. The normalized spacial score (nSPS) is 13.1. The van der Waals surface area contributed by atoms with E-state index in [-0.39, 0.29) is 12.6 Å². The molecule has 1 N–H and O–H groups in total. The predicted octanol–water partition coefficient (Wildman–Crippen LogP) is 6.02. The average molecular weight is 422 g/mol. The molecule has 2 heterocycles. The van der Waals surface area contributed by atoms with Gasteiger partial charge in [0.05, 0.1) is 27.5 Å². The molecule has 0 spiro atoms. The number of rotatable bonds is 4. The number of esters is 1. The number of furan rings is 1. The fourth-order valence-corrected chi connectivity index (χ4v) is 3.57. The van der Waals surface area contributed by atoms with Gasteiger partial charge in [0, 0.05) is 16.1 Å². The van der Waals surface area contributed by atoms with Gasteiger partial charge in [0.1, 0.15) is 18.1 Å². The first kappa shape index (κ1) is 17.9. The van der Waals surface area contributed by atoms with Crippen LogP contribution in [0.2, 0.25) is 15.1 Å². The van der Waals surface area contributed by atoms with E-state index in [1.807, 2.05) is 18.2 Å². The number of carbonyl (C=O) groups is 1. The molecule has 8 heteroatoms. The van der Waals surface area contributed by atoms with E-state index in [9.17, 15) is 4.79 Å². The van der Waals surface area contributed by atoms with Gasteiger partial charge in [-0.15, -0.1) is 0 Å². The number of nitrogens with one attached hydrogen (secondary N) is 1. The van der Waals surface area contributed by atoms with Crippen LogP contribution < -0.4 is 5.43 Å². The summed E-state index contributed by atoms with van der Waals surface area (Å²) in [6.45, 7) is 0.281. The van der Waals surface area contributed by atoms with Crippen molar-refractivity contribution in [1.82, 2.24) is 0 Å². The number of hydrazone groups is 1. The molecule has 136 valence electrons. The van der Waals surface area contributed by atoms with Gasteiger partial charge in [0.15, 0.2) is 0 Å². The maximum Gasteiger partial charge on any atom is 0.338 e. The molecule has 5 nitrogen and oxygen atoms in total. The number of cyclic esters (lactones) is 1. The smallest absolute Gasteiger partial charge is 0.338 e. The van der Waals surface area contributed by atoms with Crippen LogP contribution in [0, 0.1) is 0 Å². The first-order chi connectivity index (χ1) is 13.0. The van der Waals surface area contributed by atoms with Crippen LogP contribution >= 0.6 is 34.8 Å². The Labute approximate surface area is 169 Å². The van der Waals surface area contributed by atoms with Crippen molar-refractivity contribution in [3.8, 4) is 11.3 Å². The maximum atomic E-state index is 11.5. The molecule has 0 atom stereocenters. The molecular formula is C19H11Cl3N2O3. The lowest BCUT2D eigenvalue weighted by molar-refractivity contribution is 0.0535. The zero-order valence-electron chi connectivity index (χ0n) is 13.6. The summed E-state index contributed by atoms with van der Waals surface area (Å²) in [5, 5.41) is 5.26. The maximum absolute atomic E-state index is 11.5. The lowest BCUT2D eigenvalue weighted by Crippen LogP contribution is -1.92. The third-order valence-corrected chi connectivity index (χ3v) is 4.78. The minimum absolute atomic E-state index is 0.281. The Morgan fingerprint density at radius 2 is 1.81 bits per heavy atom. The topological polar surface area (TPSA) is 63.8 Å². The number of hydrogen-bond donors (Lipinski definition) is 1. The van der Waals surface area contributed by atoms with Crippen molar-refractivity contribution in [3.05, 3.63) is 74.4 Å². The van der Waals surface area contributed by atoms with Crippen molar-refractivity contribution in [1.29, 1.82) is 0 Å². The number of hydrogen-bond acceptors (Lipinski definition) is 5. The van der Waals surface area contributed by atoms with Crippen LogP contribution in [0.1, 0.15) is 21.7 Å². The highest BCUT2D eigenvalue weighted by Gasteiger charge is 2.21. The van der Waals surface area contributed by atoms with Crippen molar-refractivity contribution in [2.45, 2.75) is 6.61 Å². The molecule has 0 saturated carbocycles. The molecule has 0 aliphatic carbocycles. The van der Waals surface area contributed by atoms with Gasteiger partial charge >= 0.3 is 5.97 Å². The van der Waals surface area contributed by atoms with E-state index in [0.29, 0.717) is 37.8 Å². The summed E-state index contributed by atoms with van der Waals surface area (Å²) in [4.78, 5) is 11.5. The molecule has 0 saturated heterocycles. The second kappa shape index (κ2) is 7.27. The third kappa shape index (κ3) is 3.67. The highest BCUT2D eigenvalue weighted by Crippen LogP contribution is 2.33. The van der Waals surface area contributed by atoms with Gasteiger partial charge < -0.3 is 9.15 Å². The molecule has 1 aliphatic heterocycles. The summed E-state index contributed by atoms with van der Waals surface area (Å²) < 4.78 is 10.8. The third-order valence-electron chi connectivity index (χ3n) is 3.97. The van der Waals surface area contributed by atoms with E-state index in [1.165, 1.54) is 6.21 Å². The highest BCUT2D eigenvalue weighted by molar-refractivity contribution is 6.41. The molecule has 0 unspecified atom stereocenters. The van der Waals surface area contributed by atoms with Gasteiger partial charge in [-0.3, -0.25) is 5.43 Å². The van der Waals surface area contributed by atoms with E-state index < -0.39 is 0 Å². The van der Waals surface area contributed by atoms with Crippen LogP contribution in [0.4, 0.5) is 5.69 Å². The number of fused-ring (bicyclic) bond motifs is 1. The average Bonchev–Trinajstić information content (AvgIpc) is 3.24. The number of halogens is 3. The van der Waals surface area contributed by atoms with Crippen LogP contribution in [-0.2, 0) is 11.3 Å². The van der Waals surface area contributed by atoms with Crippen molar-refractivity contribution < 1.29 is 13.9 Å². The number of benzene rings is 2. The molecule has 0 amide bonds. The Morgan fingerprint density at radius 3 is 2.59 bits per heavy atom. The monoisotopic (exact) mass is 420 g/mol. The quantitative estimate of drug-likeness (QED) is 0.318. The summed E-state index contributed by atoms with van der Waals surface area (Å²) in [7, 11) is 0. The standard InChI is InChI=1S/C19H11Cl3N2O3/c20-12-6-15(21)18(16(22)7-12)24-23-8-13-2-4-17(27-13)10-1-3-14-11(5-10)9-26-19(14)25/h1-8,24H,9H2/b23-8+. The van der Waals surface area contributed by atoms with Crippen molar-refractivity contribution in [3.63, 3.8) is 0 Å². The summed E-state index contributed by atoms with van der Waals surface area (Å²) in [5.41, 5.74) is 5.52. The summed E-state index contributed by atoms with van der Waals surface area (Å²) in [6.07, 6.45) is 1.50. The van der Waals surface area contributed by atoms with Gasteiger partial charge in [-0.1, -0.05) is 40.9 Å².